The van der Waals surface area contributed by atoms with Crippen LogP contribution in [-0.4, -0.2) is 14.8 Å². The minimum atomic E-state index is 0.403. The molecular formula is C8H4Cl2N3. The molecule has 2 heterocycles. The van der Waals surface area contributed by atoms with Crippen molar-refractivity contribution in [1.29, 1.82) is 0 Å². The van der Waals surface area contributed by atoms with Gasteiger partial charge in [-0.15, -0.1) is 0 Å². The summed E-state index contributed by atoms with van der Waals surface area (Å²) in [6.07, 6.45) is 3.22. The SMILES string of the molecule is Clc1cc(-n2ccc(Cl)n2)[c]cn1. The van der Waals surface area contributed by atoms with Crippen molar-refractivity contribution in [3.63, 3.8) is 0 Å². The highest BCUT2D eigenvalue weighted by Gasteiger charge is 1.99. The molecule has 0 saturated carbocycles. The van der Waals surface area contributed by atoms with E-state index in [0.717, 1.165) is 0 Å². The normalized spacial score (nSPS) is 10.3. The summed E-state index contributed by atoms with van der Waals surface area (Å²) in [5, 5.41) is 4.82. The number of aromatic nitrogens is 3. The van der Waals surface area contributed by atoms with Gasteiger partial charge in [0.05, 0.1) is 5.69 Å². The van der Waals surface area contributed by atoms with Crippen LogP contribution in [0.2, 0.25) is 10.3 Å². The van der Waals surface area contributed by atoms with E-state index >= 15 is 0 Å². The van der Waals surface area contributed by atoms with Crippen molar-refractivity contribution in [1.82, 2.24) is 14.8 Å². The van der Waals surface area contributed by atoms with Crippen molar-refractivity contribution in [3.8, 4) is 5.69 Å². The maximum absolute atomic E-state index is 5.70. The molecule has 0 amide bonds. The third-order valence-corrected chi connectivity index (χ3v) is 1.87. The lowest BCUT2D eigenvalue weighted by Gasteiger charge is -1.98. The lowest BCUT2D eigenvalue weighted by molar-refractivity contribution is 0.876. The molecule has 0 saturated heterocycles. The van der Waals surface area contributed by atoms with Gasteiger partial charge in [0, 0.05) is 24.5 Å². The van der Waals surface area contributed by atoms with Gasteiger partial charge >= 0.3 is 0 Å². The third-order valence-electron chi connectivity index (χ3n) is 1.46. The molecule has 2 rings (SSSR count). The average Bonchev–Trinajstić information content (AvgIpc) is 2.52. The summed E-state index contributed by atoms with van der Waals surface area (Å²) < 4.78 is 1.58. The van der Waals surface area contributed by atoms with E-state index in [9.17, 15) is 0 Å². The van der Waals surface area contributed by atoms with Gasteiger partial charge in [-0.05, 0) is 6.07 Å². The van der Waals surface area contributed by atoms with Crippen molar-refractivity contribution in [2.45, 2.75) is 0 Å². The van der Waals surface area contributed by atoms with Crippen LogP contribution in [0.1, 0.15) is 0 Å². The van der Waals surface area contributed by atoms with Crippen molar-refractivity contribution < 1.29 is 0 Å². The van der Waals surface area contributed by atoms with E-state index in [4.69, 9.17) is 23.2 Å². The Morgan fingerprint density at radius 1 is 1.31 bits per heavy atom. The van der Waals surface area contributed by atoms with E-state index < -0.39 is 0 Å². The Bertz CT molecular complexity index is 425. The van der Waals surface area contributed by atoms with Crippen molar-refractivity contribution in [2.24, 2.45) is 0 Å². The van der Waals surface area contributed by atoms with Crippen LogP contribution in [-0.2, 0) is 0 Å². The number of nitrogens with zero attached hydrogens (tertiary/aromatic N) is 3. The highest BCUT2D eigenvalue weighted by molar-refractivity contribution is 6.29. The molecule has 0 atom stereocenters. The Balaban J connectivity index is 2.46. The Hall–Kier alpha value is -1.06. The minimum absolute atomic E-state index is 0.403. The number of hydrogen-bond acceptors (Lipinski definition) is 2. The van der Waals surface area contributed by atoms with E-state index in [-0.39, 0.29) is 0 Å². The molecule has 1 radical (unpaired) electrons. The van der Waals surface area contributed by atoms with Gasteiger partial charge in [-0.25, -0.2) is 9.67 Å². The lowest BCUT2D eigenvalue weighted by atomic mass is 10.4. The predicted molar refractivity (Wildman–Crippen MR) is 50.2 cm³/mol. The fourth-order valence-electron chi connectivity index (χ4n) is 0.920. The molecule has 2 aromatic rings. The summed E-state index contributed by atoms with van der Waals surface area (Å²) in [5.41, 5.74) is 0.715. The molecule has 0 aromatic carbocycles. The monoisotopic (exact) mass is 212 g/mol. The number of halogens is 2. The Kier molecular flexibility index (Phi) is 2.20. The fraction of sp³-hybridized carbons (Fsp3) is 0. The lowest BCUT2D eigenvalue weighted by Crippen LogP contribution is -1.94. The topological polar surface area (TPSA) is 30.7 Å². The molecule has 0 aliphatic heterocycles. The van der Waals surface area contributed by atoms with E-state index in [1.54, 1.807) is 23.0 Å². The van der Waals surface area contributed by atoms with Crippen molar-refractivity contribution in [3.05, 3.63) is 40.9 Å². The zero-order valence-electron chi connectivity index (χ0n) is 6.41. The van der Waals surface area contributed by atoms with Crippen molar-refractivity contribution in [2.75, 3.05) is 0 Å². The second-order valence-corrected chi connectivity index (χ2v) is 3.11. The Morgan fingerprint density at radius 3 is 2.77 bits per heavy atom. The first kappa shape index (κ1) is 8.53. The number of hydrogen-bond donors (Lipinski definition) is 0. The molecule has 0 bridgehead atoms. The zero-order chi connectivity index (χ0) is 9.26. The second kappa shape index (κ2) is 3.36. The van der Waals surface area contributed by atoms with Crippen LogP contribution in [0.5, 0.6) is 0 Å². The van der Waals surface area contributed by atoms with Gasteiger partial charge in [0.1, 0.15) is 5.15 Å². The van der Waals surface area contributed by atoms with Gasteiger partial charge < -0.3 is 0 Å². The quantitative estimate of drug-likeness (QED) is 0.680. The molecular weight excluding hydrogens is 209 g/mol. The maximum Gasteiger partial charge on any atom is 0.151 e. The summed E-state index contributed by atoms with van der Waals surface area (Å²) in [7, 11) is 0. The van der Waals surface area contributed by atoms with Crippen LogP contribution >= 0.6 is 23.2 Å². The molecule has 65 valence electrons. The molecule has 0 aliphatic carbocycles. The first-order chi connectivity index (χ1) is 6.25. The van der Waals surface area contributed by atoms with Crippen LogP contribution in [0.25, 0.3) is 5.69 Å². The standard InChI is InChI=1S/C8H4Cl2N3/c9-7-2-4-13(12-7)6-1-3-11-8(10)5-6/h2-5H. The van der Waals surface area contributed by atoms with E-state index in [1.807, 2.05) is 0 Å². The smallest absolute Gasteiger partial charge is 0.151 e. The number of pyridine rings is 1. The highest BCUT2D eigenvalue weighted by atomic mass is 35.5. The summed E-state index contributed by atoms with van der Waals surface area (Å²) in [5.74, 6) is 0. The maximum atomic E-state index is 5.70. The molecule has 5 heteroatoms. The summed E-state index contributed by atoms with van der Waals surface area (Å²) in [6, 6.07) is 6.23. The van der Waals surface area contributed by atoms with Gasteiger partial charge in [-0.3, -0.25) is 0 Å². The van der Waals surface area contributed by atoms with Crippen LogP contribution in [0, 0.1) is 6.07 Å². The average molecular weight is 213 g/mol. The Labute approximate surface area is 84.9 Å². The van der Waals surface area contributed by atoms with E-state index in [0.29, 0.717) is 16.0 Å². The van der Waals surface area contributed by atoms with Crippen LogP contribution in [0.15, 0.2) is 24.5 Å². The second-order valence-electron chi connectivity index (χ2n) is 2.34. The van der Waals surface area contributed by atoms with Crippen LogP contribution in [0.4, 0.5) is 0 Å². The largest absolute Gasteiger partial charge is 0.244 e. The molecule has 0 N–H and O–H groups in total. The highest BCUT2D eigenvalue weighted by Crippen LogP contribution is 2.12. The molecule has 13 heavy (non-hydrogen) atoms. The van der Waals surface area contributed by atoms with Crippen LogP contribution in [0.3, 0.4) is 0 Å². The molecule has 2 aromatic heterocycles. The van der Waals surface area contributed by atoms with Gasteiger partial charge in [-0.2, -0.15) is 5.10 Å². The van der Waals surface area contributed by atoms with Crippen molar-refractivity contribution >= 4 is 23.2 Å². The Morgan fingerprint density at radius 2 is 2.15 bits per heavy atom. The first-order valence-corrected chi connectivity index (χ1v) is 4.26. The predicted octanol–water partition coefficient (Wildman–Crippen LogP) is 2.37. The third kappa shape index (κ3) is 1.82. The zero-order valence-corrected chi connectivity index (χ0v) is 7.92. The van der Waals surface area contributed by atoms with Gasteiger partial charge in [0.2, 0.25) is 0 Å². The summed E-state index contributed by atoms with van der Waals surface area (Å²) >= 11 is 11.4. The van der Waals surface area contributed by atoms with Gasteiger partial charge in [0.15, 0.2) is 5.15 Å². The molecule has 0 aliphatic rings. The molecule has 0 spiro atoms. The molecule has 3 nitrogen and oxygen atoms in total. The van der Waals surface area contributed by atoms with E-state index in [1.165, 1.54) is 6.20 Å². The van der Waals surface area contributed by atoms with E-state index in [2.05, 4.69) is 16.1 Å². The van der Waals surface area contributed by atoms with Crippen LogP contribution < -0.4 is 0 Å². The first-order valence-electron chi connectivity index (χ1n) is 3.50. The molecule has 0 unspecified atom stereocenters. The van der Waals surface area contributed by atoms with Gasteiger partial charge in [-0.1, -0.05) is 23.2 Å². The minimum Gasteiger partial charge on any atom is -0.244 e. The summed E-state index contributed by atoms with van der Waals surface area (Å²) in [6.45, 7) is 0. The van der Waals surface area contributed by atoms with Gasteiger partial charge in [0.25, 0.3) is 0 Å². The summed E-state index contributed by atoms with van der Waals surface area (Å²) in [4.78, 5) is 3.81. The molecule has 0 fully saturated rings. The number of rotatable bonds is 1. The fourth-order valence-corrected chi connectivity index (χ4v) is 1.21.